The van der Waals surface area contributed by atoms with E-state index in [1.807, 2.05) is 25.1 Å². The molecule has 136 valence electrons. The molecule has 1 N–H and O–H groups in total. The van der Waals surface area contributed by atoms with Crippen molar-refractivity contribution in [1.82, 2.24) is 14.9 Å². The van der Waals surface area contributed by atoms with Gasteiger partial charge in [0, 0.05) is 12.1 Å². The number of hydrogen-bond donors (Lipinski definition) is 1. The lowest BCUT2D eigenvalue weighted by Gasteiger charge is -2.16. The average molecular weight is 341 g/mol. The molecule has 0 aliphatic heterocycles. The molecule has 0 saturated heterocycles. The van der Waals surface area contributed by atoms with Crippen molar-refractivity contribution in [3.63, 3.8) is 0 Å². The van der Waals surface area contributed by atoms with E-state index in [9.17, 15) is 4.79 Å². The van der Waals surface area contributed by atoms with Crippen molar-refractivity contribution in [3.8, 4) is 0 Å². The molecule has 1 aromatic heterocycles. The van der Waals surface area contributed by atoms with Gasteiger partial charge in [-0.15, -0.1) is 0 Å². The van der Waals surface area contributed by atoms with Crippen molar-refractivity contribution in [3.05, 3.63) is 42.2 Å². The minimum absolute atomic E-state index is 0.120. The van der Waals surface area contributed by atoms with E-state index in [2.05, 4.69) is 29.5 Å². The molecule has 0 aliphatic carbocycles. The van der Waals surface area contributed by atoms with Gasteiger partial charge in [-0.25, -0.2) is 4.98 Å². The number of benzene rings is 1. The number of unbranched alkanes of at least 4 members (excludes halogenated alkanes) is 5. The Kier molecular flexibility index (Phi) is 7.23. The van der Waals surface area contributed by atoms with Crippen molar-refractivity contribution in [2.45, 2.75) is 71.9 Å². The molecule has 1 unspecified atom stereocenters. The van der Waals surface area contributed by atoms with Crippen LogP contribution in [-0.4, -0.2) is 15.5 Å². The summed E-state index contributed by atoms with van der Waals surface area (Å²) in [6, 6.07) is 8.05. The Hall–Kier alpha value is -2.10. The molecule has 4 nitrogen and oxygen atoms in total. The number of aromatic nitrogens is 2. The van der Waals surface area contributed by atoms with E-state index in [0.717, 1.165) is 29.8 Å². The zero-order chi connectivity index (χ0) is 18.2. The second-order valence-corrected chi connectivity index (χ2v) is 6.85. The monoisotopic (exact) mass is 341 g/mol. The second kappa shape index (κ2) is 9.40. The first kappa shape index (κ1) is 19.2. The van der Waals surface area contributed by atoms with E-state index in [1.54, 1.807) is 6.92 Å². The molecule has 0 radical (unpaired) electrons. The maximum Gasteiger partial charge on any atom is 0.246 e. The summed E-state index contributed by atoms with van der Waals surface area (Å²) in [5, 5.41) is 2.99. The highest BCUT2D eigenvalue weighted by molar-refractivity contribution is 5.92. The molecule has 1 heterocycles. The smallest absolute Gasteiger partial charge is 0.246 e. The van der Waals surface area contributed by atoms with Gasteiger partial charge in [0.25, 0.3) is 0 Å². The maximum absolute atomic E-state index is 12.0. The Morgan fingerprint density at radius 2 is 1.88 bits per heavy atom. The highest BCUT2D eigenvalue weighted by Crippen LogP contribution is 2.22. The molecule has 1 amide bonds. The Balaban J connectivity index is 2.12. The van der Waals surface area contributed by atoms with Gasteiger partial charge < -0.3 is 9.88 Å². The van der Waals surface area contributed by atoms with Crippen LogP contribution in [0.4, 0.5) is 0 Å². The van der Waals surface area contributed by atoms with Crippen molar-refractivity contribution < 1.29 is 4.79 Å². The number of amides is 1. The van der Waals surface area contributed by atoms with Gasteiger partial charge in [0.05, 0.1) is 17.1 Å². The Morgan fingerprint density at radius 3 is 2.60 bits per heavy atom. The molecule has 0 bridgehead atoms. The summed E-state index contributed by atoms with van der Waals surface area (Å²) in [5.74, 6) is 0.801. The van der Waals surface area contributed by atoms with E-state index in [-0.39, 0.29) is 11.9 Å². The number of nitrogens with one attached hydrogen (secondary N) is 1. The lowest BCUT2D eigenvalue weighted by molar-refractivity contribution is -0.118. The van der Waals surface area contributed by atoms with Gasteiger partial charge in [0.1, 0.15) is 5.82 Å². The van der Waals surface area contributed by atoms with Crippen LogP contribution in [0.5, 0.6) is 0 Å². The van der Waals surface area contributed by atoms with E-state index < -0.39 is 0 Å². The second-order valence-electron chi connectivity index (χ2n) is 6.85. The predicted octanol–water partition coefficient (Wildman–Crippen LogP) is 5.15. The van der Waals surface area contributed by atoms with Crippen molar-refractivity contribution in [1.29, 1.82) is 0 Å². The quantitative estimate of drug-likeness (QED) is 0.480. The third kappa shape index (κ3) is 5.18. The number of nitrogens with zero attached hydrogens (tertiary/aromatic N) is 2. The first-order chi connectivity index (χ1) is 12.0. The van der Waals surface area contributed by atoms with E-state index in [1.165, 1.54) is 32.1 Å². The third-order valence-electron chi connectivity index (χ3n) is 4.54. The van der Waals surface area contributed by atoms with E-state index in [0.29, 0.717) is 5.57 Å². The molecule has 0 aliphatic rings. The molecular formula is C21H31N3O. The fraction of sp³-hybridized carbons (Fsp3) is 0.524. The molecule has 2 aromatic rings. The number of rotatable bonds is 10. The summed E-state index contributed by atoms with van der Waals surface area (Å²) >= 11 is 0. The standard InChI is InChI=1S/C21H31N3O/c1-5-6-7-8-9-12-15-24-19-14-11-10-13-18(19)23-20(24)17(4)22-21(25)16(2)3/h10-11,13-14,17H,2,5-9,12,15H2,1,3-4H3,(H,22,25). The van der Waals surface area contributed by atoms with Crippen LogP contribution in [0.1, 0.15) is 71.2 Å². The Labute approximate surface area is 151 Å². The lowest BCUT2D eigenvalue weighted by Crippen LogP contribution is -2.29. The van der Waals surface area contributed by atoms with Crippen LogP contribution in [0.2, 0.25) is 0 Å². The Bertz CT molecular complexity index is 717. The summed E-state index contributed by atoms with van der Waals surface area (Å²) in [6.45, 7) is 10.6. The predicted molar refractivity (Wildman–Crippen MR) is 104 cm³/mol. The van der Waals surface area contributed by atoms with Crippen LogP contribution in [0.15, 0.2) is 36.4 Å². The molecule has 1 atom stereocenters. The fourth-order valence-corrected chi connectivity index (χ4v) is 3.09. The van der Waals surface area contributed by atoms with Crippen LogP contribution >= 0.6 is 0 Å². The van der Waals surface area contributed by atoms with Crippen molar-refractivity contribution in [2.75, 3.05) is 0 Å². The molecule has 0 fully saturated rings. The molecule has 0 spiro atoms. The van der Waals surface area contributed by atoms with Gasteiger partial charge in [-0.2, -0.15) is 0 Å². The summed E-state index contributed by atoms with van der Waals surface area (Å²) in [7, 11) is 0. The largest absolute Gasteiger partial charge is 0.343 e. The highest BCUT2D eigenvalue weighted by Gasteiger charge is 2.18. The van der Waals surface area contributed by atoms with Gasteiger partial charge in [0.2, 0.25) is 5.91 Å². The molecule has 25 heavy (non-hydrogen) atoms. The number of carbonyl (C=O) groups is 1. The summed E-state index contributed by atoms with van der Waals surface area (Å²) < 4.78 is 2.26. The number of imidazole rings is 1. The van der Waals surface area contributed by atoms with Gasteiger partial charge in [0.15, 0.2) is 0 Å². The van der Waals surface area contributed by atoms with Gasteiger partial charge in [-0.1, -0.05) is 57.7 Å². The maximum atomic E-state index is 12.0. The van der Waals surface area contributed by atoms with Crippen molar-refractivity contribution >= 4 is 16.9 Å². The highest BCUT2D eigenvalue weighted by atomic mass is 16.1. The number of carbonyl (C=O) groups excluding carboxylic acids is 1. The average Bonchev–Trinajstić information content (AvgIpc) is 2.96. The van der Waals surface area contributed by atoms with Crippen LogP contribution in [0, 0.1) is 0 Å². The summed E-state index contributed by atoms with van der Waals surface area (Å²) in [4.78, 5) is 16.7. The van der Waals surface area contributed by atoms with Gasteiger partial charge >= 0.3 is 0 Å². The lowest BCUT2D eigenvalue weighted by atomic mass is 10.1. The van der Waals surface area contributed by atoms with Crippen molar-refractivity contribution in [2.24, 2.45) is 0 Å². The third-order valence-corrected chi connectivity index (χ3v) is 4.54. The zero-order valence-corrected chi connectivity index (χ0v) is 15.8. The number of hydrogen-bond acceptors (Lipinski definition) is 2. The topological polar surface area (TPSA) is 46.9 Å². The first-order valence-corrected chi connectivity index (χ1v) is 9.46. The summed E-state index contributed by atoms with van der Waals surface area (Å²) in [5.41, 5.74) is 2.65. The minimum atomic E-state index is -0.142. The SMILES string of the molecule is C=C(C)C(=O)NC(C)c1nc2ccccc2n1CCCCCCCC. The van der Waals surface area contributed by atoms with Gasteiger partial charge in [-0.3, -0.25) is 4.79 Å². The minimum Gasteiger partial charge on any atom is -0.343 e. The Morgan fingerprint density at radius 1 is 1.20 bits per heavy atom. The normalized spacial score (nSPS) is 12.3. The molecular weight excluding hydrogens is 310 g/mol. The van der Waals surface area contributed by atoms with Crippen LogP contribution in [-0.2, 0) is 11.3 Å². The van der Waals surface area contributed by atoms with Gasteiger partial charge in [-0.05, 0) is 32.4 Å². The number of aryl methyl sites for hydroxylation is 1. The van der Waals surface area contributed by atoms with E-state index in [4.69, 9.17) is 4.98 Å². The fourth-order valence-electron chi connectivity index (χ4n) is 3.09. The number of fused-ring (bicyclic) bond motifs is 1. The van der Waals surface area contributed by atoms with E-state index >= 15 is 0 Å². The van der Waals surface area contributed by atoms with Crippen LogP contribution in [0.3, 0.4) is 0 Å². The number of para-hydroxylation sites is 2. The molecule has 4 heteroatoms. The first-order valence-electron chi connectivity index (χ1n) is 9.46. The summed E-state index contributed by atoms with van der Waals surface area (Å²) in [6.07, 6.45) is 7.58. The van der Waals surface area contributed by atoms with Crippen LogP contribution < -0.4 is 5.32 Å². The van der Waals surface area contributed by atoms with Crippen LogP contribution in [0.25, 0.3) is 11.0 Å². The molecule has 2 rings (SSSR count). The molecule has 1 aromatic carbocycles. The molecule has 0 saturated carbocycles. The zero-order valence-electron chi connectivity index (χ0n) is 15.8.